The van der Waals surface area contributed by atoms with Crippen LogP contribution in [-0.4, -0.2) is 19.7 Å². The number of halogens is 1. The van der Waals surface area contributed by atoms with Crippen molar-refractivity contribution in [1.29, 1.82) is 0 Å². The minimum atomic E-state index is 0.531. The molecule has 0 aliphatic carbocycles. The Morgan fingerprint density at radius 2 is 1.64 bits per heavy atom. The predicted octanol–water partition coefficient (Wildman–Crippen LogP) is 5.65. The monoisotopic (exact) mass is 389 g/mol. The number of rotatable bonds is 4. The lowest BCUT2D eigenvalue weighted by Crippen LogP contribution is -2.04. The van der Waals surface area contributed by atoms with Crippen LogP contribution in [0.3, 0.4) is 0 Å². The Morgan fingerprint density at radius 1 is 0.929 bits per heavy atom. The first-order valence-electron chi connectivity index (χ1n) is 8.99. The summed E-state index contributed by atoms with van der Waals surface area (Å²) in [5, 5.41) is 8.62. The predicted molar refractivity (Wildman–Crippen MR) is 114 cm³/mol. The maximum atomic E-state index is 5.96. The molecule has 0 bridgehead atoms. The Morgan fingerprint density at radius 3 is 2.36 bits per heavy atom. The molecule has 2 aromatic heterocycles. The summed E-state index contributed by atoms with van der Waals surface area (Å²) in [5.41, 5.74) is 6.60. The van der Waals surface area contributed by atoms with Crippen LogP contribution in [0.25, 0.3) is 17.1 Å². The van der Waals surface area contributed by atoms with E-state index in [1.54, 1.807) is 10.9 Å². The van der Waals surface area contributed by atoms with Gasteiger partial charge in [0.15, 0.2) is 5.82 Å². The van der Waals surface area contributed by atoms with Crippen molar-refractivity contribution in [3.05, 3.63) is 82.6 Å². The third-order valence-corrected chi connectivity index (χ3v) is 5.04. The van der Waals surface area contributed by atoms with Crippen molar-refractivity contribution in [2.24, 2.45) is 0 Å². The second-order valence-corrected chi connectivity index (χ2v) is 7.19. The van der Waals surface area contributed by atoms with Gasteiger partial charge >= 0.3 is 0 Å². The van der Waals surface area contributed by atoms with E-state index in [-0.39, 0.29) is 0 Å². The zero-order valence-electron chi connectivity index (χ0n) is 15.9. The summed E-state index contributed by atoms with van der Waals surface area (Å²) in [7, 11) is 0. The third-order valence-electron chi connectivity index (χ3n) is 4.79. The standard InChI is InChI=1S/C22H20ClN5/c1-14-12-19(13-15(2)16(14)3)25-22-24-10-8-21(26-22)28-11-9-20(27-28)17-4-6-18(23)7-5-17/h4-13H,1-3H3,(H,24,25,26). The molecule has 0 atom stereocenters. The number of anilines is 2. The Balaban J connectivity index is 1.60. The summed E-state index contributed by atoms with van der Waals surface area (Å²) in [5.74, 6) is 1.22. The second-order valence-electron chi connectivity index (χ2n) is 6.75. The van der Waals surface area contributed by atoms with Gasteiger partial charge in [-0.3, -0.25) is 0 Å². The van der Waals surface area contributed by atoms with Gasteiger partial charge in [-0.1, -0.05) is 23.7 Å². The van der Waals surface area contributed by atoms with E-state index in [0.717, 1.165) is 16.9 Å². The highest BCUT2D eigenvalue weighted by Crippen LogP contribution is 2.23. The fourth-order valence-electron chi connectivity index (χ4n) is 3.00. The zero-order chi connectivity index (χ0) is 19.7. The quantitative estimate of drug-likeness (QED) is 0.490. The average molecular weight is 390 g/mol. The molecule has 2 aromatic carbocycles. The fraction of sp³-hybridized carbons (Fsp3) is 0.136. The average Bonchev–Trinajstić information content (AvgIpc) is 3.17. The first-order chi connectivity index (χ1) is 13.5. The van der Waals surface area contributed by atoms with E-state index in [4.69, 9.17) is 11.6 Å². The first-order valence-corrected chi connectivity index (χ1v) is 9.37. The molecule has 4 rings (SSSR count). The van der Waals surface area contributed by atoms with Gasteiger partial charge in [0.05, 0.1) is 5.69 Å². The van der Waals surface area contributed by atoms with Crippen LogP contribution in [0.15, 0.2) is 60.9 Å². The molecule has 28 heavy (non-hydrogen) atoms. The van der Waals surface area contributed by atoms with E-state index in [9.17, 15) is 0 Å². The second kappa shape index (κ2) is 7.44. The van der Waals surface area contributed by atoms with Gasteiger partial charge in [-0.15, -0.1) is 0 Å². The number of hydrogen-bond donors (Lipinski definition) is 1. The molecule has 0 saturated carbocycles. The molecular formula is C22H20ClN5. The van der Waals surface area contributed by atoms with Crippen LogP contribution in [0.4, 0.5) is 11.6 Å². The summed E-state index contributed by atoms with van der Waals surface area (Å²) < 4.78 is 1.74. The lowest BCUT2D eigenvalue weighted by Gasteiger charge is -2.11. The molecule has 0 radical (unpaired) electrons. The van der Waals surface area contributed by atoms with Crippen LogP contribution in [0.2, 0.25) is 5.02 Å². The molecule has 0 unspecified atom stereocenters. The molecule has 0 amide bonds. The van der Waals surface area contributed by atoms with Crippen LogP contribution < -0.4 is 5.32 Å². The molecule has 0 aliphatic heterocycles. The molecule has 2 heterocycles. The lowest BCUT2D eigenvalue weighted by atomic mass is 10.0. The van der Waals surface area contributed by atoms with E-state index < -0.39 is 0 Å². The van der Waals surface area contributed by atoms with Crippen molar-refractivity contribution in [3.63, 3.8) is 0 Å². The number of nitrogens with one attached hydrogen (secondary N) is 1. The molecule has 140 valence electrons. The maximum Gasteiger partial charge on any atom is 0.229 e. The molecule has 5 nitrogen and oxygen atoms in total. The SMILES string of the molecule is Cc1cc(Nc2nccc(-n3ccc(-c4ccc(Cl)cc4)n3)n2)cc(C)c1C. The van der Waals surface area contributed by atoms with E-state index in [1.165, 1.54) is 16.7 Å². The number of nitrogens with zero attached hydrogens (tertiary/aromatic N) is 4. The van der Waals surface area contributed by atoms with Crippen LogP contribution >= 0.6 is 11.6 Å². The highest BCUT2D eigenvalue weighted by Gasteiger charge is 2.08. The molecule has 4 aromatic rings. The van der Waals surface area contributed by atoms with E-state index >= 15 is 0 Å². The normalized spacial score (nSPS) is 10.9. The summed E-state index contributed by atoms with van der Waals surface area (Å²) in [6, 6.07) is 15.6. The topological polar surface area (TPSA) is 55.6 Å². The molecule has 0 saturated heterocycles. The van der Waals surface area contributed by atoms with Gasteiger partial charge in [0.25, 0.3) is 0 Å². The molecule has 6 heteroatoms. The van der Waals surface area contributed by atoms with Gasteiger partial charge in [-0.2, -0.15) is 10.1 Å². The zero-order valence-corrected chi connectivity index (χ0v) is 16.7. The summed E-state index contributed by atoms with van der Waals surface area (Å²) in [6.07, 6.45) is 3.61. The van der Waals surface area contributed by atoms with Crippen molar-refractivity contribution in [1.82, 2.24) is 19.7 Å². The van der Waals surface area contributed by atoms with Crippen LogP contribution in [0.5, 0.6) is 0 Å². The summed E-state index contributed by atoms with van der Waals surface area (Å²) >= 11 is 5.96. The van der Waals surface area contributed by atoms with Gasteiger partial charge in [0.2, 0.25) is 5.95 Å². The highest BCUT2D eigenvalue weighted by atomic mass is 35.5. The summed E-state index contributed by atoms with van der Waals surface area (Å²) in [4.78, 5) is 8.94. The van der Waals surface area contributed by atoms with Crippen LogP contribution in [-0.2, 0) is 0 Å². The van der Waals surface area contributed by atoms with Crippen molar-refractivity contribution >= 4 is 23.2 Å². The lowest BCUT2D eigenvalue weighted by molar-refractivity contribution is 0.845. The highest BCUT2D eigenvalue weighted by molar-refractivity contribution is 6.30. The molecule has 0 spiro atoms. The molecule has 0 fully saturated rings. The van der Waals surface area contributed by atoms with Gasteiger partial charge in [0.1, 0.15) is 0 Å². The molecule has 1 N–H and O–H groups in total. The number of benzene rings is 2. The van der Waals surface area contributed by atoms with Gasteiger partial charge in [-0.05, 0) is 67.8 Å². The van der Waals surface area contributed by atoms with E-state index in [2.05, 4.69) is 53.3 Å². The van der Waals surface area contributed by atoms with Gasteiger partial charge < -0.3 is 5.32 Å². The Kier molecular flexibility index (Phi) is 4.84. The van der Waals surface area contributed by atoms with Crippen molar-refractivity contribution < 1.29 is 0 Å². The number of aryl methyl sites for hydroxylation is 2. The number of hydrogen-bond acceptors (Lipinski definition) is 4. The minimum Gasteiger partial charge on any atom is -0.324 e. The molecular weight excluding hydrogens is 370 g/mol. The smallest absolute Gasteiger partial charge is 0.229 e. The summed E-state index contributed by atoms with van der Waals surface area (Å²) in [6.45, 7) is 6.33. The van der Waals surface area contributed by atoms with E-state index in [0.29, 0.717) is 16.8 Å². The van der Waals surface area contributed by atoms with Crippen LogP contribution in [0, 0.1) is 20.8 Å². The van der Waals surface area contributed by atoms with Gasteiger partial charge in [-0.25, -0.2) is 9.67 Å². The van der Waals surface area contributed by atoms with Crippen LogP contribution in [0.1, 0.15) is 16.7 Å². The third kappa shape index (κ3) is 3.75. The van der Waals surface area contributed by atoms with Crippen molar-refractivity contribution in [2.45, 2.75) is 20.8 Å². The first kappa shape index (κ1) is 18.2. The largest absolute Gasteiger partial charge is 0.324 e. The maximum absolute atomic E-state index is 5.96. The fourth-order valence-corrected chi connectivity index (χ4v) is 3.13. The van der Waals surface area contributed by atoms with E-state index in [1.807, 2.05) is 42.6 Å². The Labute approximate surface area is 169 Å². The van der Waals surface area contributed by atoms with Gasteiger partial charge in [0, 0.05) is 34.7 Å². The number of aromatic nitrogens is 4. The van der Waals surface area contributed by atoms with Crippen molar-refractivity contribution in [3.8, 4) is 17.1 Å². The Bertz CT molecular complexity index is 1110. The van der Waals surface area contributed by atoms with Crippen molar-refractivity contribution in [2.75, 3.05) is 5.32 Å². The molecule has 0 aliphatic rings. The Hall–Kier alpha value is -3.18. The minimum absolute atomic E-state index is 0.531.